The average molecular weight is 732 g/mol. The maximum atomic E-state index is 12.6. The van der Waals surface area contributed by atoms with Crippen molar-refractivity contribution in [2.45, 2.75) is 84.1 Å². The van der Waals surface area contributed by atoms with Crippen molar-refractivity contribution in [2.24, 2.45) is 5.41 Å². The molecule has 0 amide bonds. The predicted molar refractivity (Wildman–Crippen MR) is 193 cm³/mol. The summed E-state index contributed by atoms with van der Waals surface area (Å²) in [5.74, 6) is -0.562. The summed E-state index contributed by atoms with van der Waals surface area (Å²) >= 11 is 0. The van der Waals surface area contributed by atoms with E-state index in [-0.39, 0.29) is 25.9 Å². The van der Waals surface area contributed by atoms with Crippen LogP contribution in [0.25, 0.3) is 0 Å². The fourth-order valence-electron chi connectivity index (χ4n) is 6.22. The molecule has 14 nitrogen and oxygen atoms in total. The topological polar surface area (TPSA) is 181 Å². The zero-order chi connectivity index (χ0) is 37.0. The number of aliphatic carboxylic acids is 1. The fourth-order valence-corrected chi connectivity index (χ4v) is 7.83. The molecule has 52 heavy (non-hydrogen) atoms. The van der Waals surface area contributed by atoms with Crippen LogP contribution in [0.5, 0.6) is 5.75 Å². The Kier molecular flexibility index (Phi) is 11.1. The molecule has 3 heterocycles. The zero-order valence-electron chi connectivity index (χ0n) is 29.7. The van der Waals surface area contributed by atoms with Gasteiger partial charge in [0.25, 0.3) is 0 Å². The van der Waals surface area contributed by atoms with Crippen molar-refractivity contribution in [1.82, 2.24) is 34.3 Å². The molecular formula is C37H45N7O7S. The smallest absolute Gasteiger partial charge is 0.312 e. The summed E-state index contributed by atoms with van der Waals surface area (Å²) in [6, 6.07) is 20.6. The summed E-state index contributed by atoms with van der Waals surface area (Å²) in [4.78, 5) is 12.9. The van der Waals surface area contributed by atoms with E-state index in [1.807, 2.05) is 62.4 Å². The molecule has 0 spiro atoms. The second kappa shape index (κ2) is 15.5. The minimum absolute atomic E-state index is 0.0169. The number of carbonyl (C=O) groups is 1. The summed E-state index contributed by atoms with van der Waals surface area (Å²) in [6.45, 7) is 8.49. The third-order valence-corrected chi connectivity index (χ3v) is 11.2. The molecule has 0 saturated heterocycles. The van der Waals surface area contributed by atoms with Gasteiger partial charge in [0.15, 0.2) is 0 Å². The number of para-hydroxylation sites is 1. The van der Waals surface area contributed by atoms with Crippen LogP contribution in [0.2, 0.25) is 0 Å². The minimum atomic E-state index is -3.39. The van der Waals surface area contributed by atoms with Crippen molar-refractivity contribution >= 4 is 16.7 Å². The average Bonchev–Trinajstić information content (AvgIpc) is 3.75. The number of benzene rings is 3. The van der Waals surface area contributed by atoms with Gasteiger partial charge in [-0.05, 0) is 67.1 Å². The monoisotopic (exact) mass is 731 g/mol. The van der Waals surface area contributed by atoms with Gasteiger partial charge in [-0.15, -0.1) is 21.0 Å². The molecule has 4 N–H and O–H groups in total. The Morgan fingerprint density at radius 3 is 2.29 bits per heavy atom. The number of carboxylic acids is 1. The van der Waals surface area contributed by atoms with Crippen LogP contribution in [0.4, 0.5) is 0 Å². The Balaban J connectivity index is 1.19. The molecule has 0 bridgehead atoms. The lowest BCUT2D eigenvalue weighted by Crippen LogP contribution is -2.35. The van der Waals surface area contributed by atoms with Gasteiger partial charge in [0.1, 0.15) is 28.1 Å². The van der Waals surface area contributed by atoms with Crippen LogP contribution >= 0.6 is 10.8 Å². The quantitative estimate of drug-likeness (QED) is 0.107. The van der Waals surface area contributed by atoms with Crippen molar-refractivity contribution in [3.63, 3.8) is 0 Å². The third-order valence-electron chi connectivity index (χ3n) is 9.30. The van der Waals surface area contributed by atoms with Crippen molar-refractivity contribution in [2.75, 3.05) is 6.54 Å². The highest BCUT2D eigenvalue weighted by atomic mass is 32.3. The lowest BCUT2D eigenvalue weighted by molar-refractivity contribution is -0.158. The van der Waals surface area contributed by atoms with Crippen LogP contribution < -0.4 is 4.74 Å². The summed E-state index contributed by atoms with van der Waals surface area (Å²) in [7, 11) is -3.39. The number of aliphatic hydroxyl groups excluding tert-OH is 1. The number of fused-ring (bicyclic) bond motifs is 1. The minimum Gasteiger partial charge on any atom is -0.487 e. The first-order valence-corrected chi connectivity index (χ1v) is 18.6. The number of carboxylic acid groups (broad SMARTS) is 1. The van der Waals surface area contributed by atoms with Crippen LogP contribution in [-0.4, -0.2) is 72.2 Å². The predicted octanol–water partition coefficient (Wildman–Crippen LogP) is 5.83. The van der Waals surface area contributed by atoms with E-state index in [2.05, 4.69) is 20.6 Å². The molecule has 2 unspecified atom stereocenters. The number of aryl methyl sites for hydroxylation is 1. The van der Waals surface area contributed by atoms with E-state index in [0.717, 1.165) is 22.3 Å². The van der Waals surface area contributed by atoms with E-state index in [1.54, 1.807) is 58.1 Å². The van der Waals surface area contributed by atoms with Crippen molar-refractivity contribution in [1.29, 1.82) is 0 Å². The molecule has 1 aliphatic rings. The number of rotatable bonds is 14. The van der Waals surface area contributed by atoms with Crippen LogP contribution in [-0.2, 0) is 42.4 Å². The number of nitrogens with zero attached hydrogens (tertiary/aromatic N) is 7. The molecule has 0 fully saturated rings. The van der Waals surface area contributed by atoms with Crippen molar-refractivity contribution in [3.05, 3.63) is 118 Å². The summed E-state index contributed by atoms with van der Waals surface area (Å²) in [6.07, 6.45) is 3.03. The number of aliphatic hydroxyl groups is 1. The van der Waals surface area contributed by atoms with Gasteiger partial charge in [0.2, 0.25) is 0 Å². The van der Waals surface area contributed by atoms with Gasteiger partial charge in [-0.1, -0.05) is 71.9 Å². The Morgan fingerprint density at radius 2 is 1.63 bits per heavy atom. The van der Waals surface area contributed by atoms with Gasteiger partial charge in [0.05, 0.1) is 56.8 Å². The Hall–Kier alpha value is -4.64. The number of hydrogen-bond donors (Lipinski definition) is 4. The molecule has 2 atom stereocenters. The van der Waals surface area contributed by atoms with Crippen molar-refractivity contribution in [3.8, 4) is 5.75 Å². The van der Waals surface area contributed by atoms with E-state index < -0.39 is 28.3 Å². The fraction of sp³-hybridized carbons (Fsp3) is 0.378. The highest BCUT2D eigenvalue weighted by Gasteiger charge is 2.40. The van der Waals surface area contributed by atoms with E-state index in [9.17, 15) is 24.1 Å². The molecule has 276 valence electrons. The van der Waals surface area contributed by atoms with Gasteiger partial charge >= 0.3 is 5.97 Å². The molecule has 0 aliphatic carbocycles. The molecule has 0 saturated carbocycles. The Morgan fingerprint density at radius 1 is 0.962 bits per heavy atom. The molecule has 3 aromatic carbocycles. The second-order valence-corrected chi connectivity index (χ2v) is 15.6. The standard InChI is InChI=1S/C37H45N7O7S/c1-5-32-22-44(52(48,49)34-12-7-6-11-33(34)51-32)19-29-16-28(14-13-25(29)2)35(37(3,4)36(46)47)50-24-31-21-43(41-39-31)18-27-10-8-9-26(15-27)17-42-20-30(23-45)38-40-42/h6-16,20-21,32,35,45,48-49H,5,17-19,22-24H2,1-4H3,(H,46,47). The SMILES string of the molecule is CCC1CN(Cc2cc(C(OCc3cn(Cc4cccc(Cn5cc(CO)nn5)c4)nn3)C(C)(C)C(=O)O)ccc2C)S(O)(O)c2ccccc2O1. The van der Waals surface area contributed by atoms with Crippen LogP contribution in [0.1, 0.15) is 72.5 Å². The van der Waals surface area contributed by atoms with Crippen LogP contribution in [0, 0.1) is 12.3 Å². The Bertz CT molecular complexity index is 2010. The Labute approximate surface area is 304 Å². The highest BCUT2D eigenvalue weighted by Crippen LogP contribution is 2.57. The summed E-state index contributed by atoms with van der Waals surface area (Å²) in [5.41, 5.74) is 4.10. The lowest BCUT2D eigenvalue weighted by Gasteiger charge is -2.42. The molecule has 5 aromatic rings. The summed E-state index contributed by atoms with van der Waals surface area (Å²) < 4.78 is 40.7. The molecule has 2 aromatic heterocycles. The first kappa shape index (κ1) is 37.1. The molecule has 6 rings (SSSR count). The van der Waals surface area contributed by atoms with E-state index in [1.165, 1.54) is 0 Å². The van der Waals surface area contributed by atoms with Gasteiger partial charge in [-0.2, -0.15) is 4.31 Å². The largest absolute Gasteiger partial charge is 0.487 e. The van der Waals surface area contributed by atoms with Crippen LogP contribution in [0.15, 0.2) is 84.0 Å². The number of hydrogen-bond acceptors (Lipinski definition) is 11. The van der Waals surface area contributed by atoms with E-state index in [0.29, 0.717) is 53.7 Å². The van der Waals surface area contributed by atoms with Crippen LogP contribution in [0.3, 0.4) is 0 Å². The molecular weight excluding hydrogens is 687 g/mol. The maximum Gasteiger partial charge on any atom is 0.312 e. The third kappa shape index (κ3) is 8.20. The van der Waals surface area contributed by atoms with Gasteiger partial charge in [-0.3, -0.25) is 13.9 Å². The molecule has 0 radical (unpaired) electrons. The van der Waals surface area contributed by atoms with Gasteiger partial charge in [-0.25, -0.2) is 9.36 Å². The number of aromatic nitrogens is 6. The van der Waals surface area contributed by atoms with E-state index >= 15 is 0 Å². The lowest BCUT2D eigenvalue weighted by atomic mass is 9.81. The van der Waals surface area contributed by atoms with Crippen molar-refractivity contribution < 1.29 is 33.6 Å². The molecule has 1 aliphatic heterocycles. The summed E-state index contributed by atoms with van der Waals surface area (Å²) in [5, 5.41) is 36.1. The molecule has 15 heteroatoms. The first-order valence-electron chi connectivity index (χ1n) is 17.1. The van der Waals surface area contributed by atoms with E-state index in [4.69, 9.17) is 9.47 Å². The second-order valence-electron chi connectivity index (χ2n) is 13.6. The normalized spacial score (nSPS) is 17.2. The first-order chi connectivity index (χ1) is 24.9. The van der Waals surface area contributed by atoms with Gasteiger partial charge < -0.3 is 19.7 Å². The number of ether oxygens (including phenoxy) is 2. The highest BCUT2D eigenvalue weighted by molar-refractivity contribution is 8.22. The zero-order valence-corrected chi connectivity index (χ0v) is 30.5. The van der Waals surface area contributed by atoms with Gasteiger partial charge in [0, 0.05) is 6.54 Å². The maximum absolute atomic E-state index is 12.6.